The normalized spacial score (nSPS) is 12.2. The van der Waals surface area contributed by atoms with E-state index in [1.165, 1.54) is 22.2 Å². The van der Waals surface area contributed by atoms with Gasteiger partial charge >= 0.3 is 0 Å². The first-order valence-corrected chi connectivity index (χ1v) is 10.4. The molecular weight excluding hydrogens is 408 g/mol. The van der Waals surface area contributed by atoms with Crippen LogP contribution in [0.2, 0.25) is 5.02 Å². The van der Waals surface area contributed by atoms with Crippen LogP contribution in [0.3, 0.4) is 0 Å². The van der Waals surface area contributed by atoms with Crippen molar-refractivity contribution in [2.45, 2.75) is 19.6 Å². The van der Waals surface area contributed by atoms with Crippen molar-refractivity contribution in [1.82, 2.24) is 9.55 Å². The van der Waals surface area contributed by atoms with Crippen LogP contribution >= 0.6 is 22.9 Å². The van der Waals surface area contributed by atoms with Crippen LogP contribution in [0.1, 0.15) is 5.56 Å². The average molecular weight is 427 g/mol. The summed E-state index contributed by atoms with van der Waals surface area (Å²) in [5, 5.41) is 13.5. The van der Waals surface area contributed by atoms with Gasteiger partial charge in [-0.1, -0.05) is 41.4 Å². The minimum Gasteiger partial charge on any atom is -0.491 e. The second-order valence-corrected chi connectivity index (χ2v) is 8.11. The monoisotopic (exact) mass is 426 g/mol. The molecule has 2 aromatic carbocycles. The maximum absolute atomic E-state index is 13.1. The van der Waals surface area contributed by atoms with Gasteiger partial charge in [-0.3, -0.25) is 9.36 Å². The third kappa shape index (κ3) is 4.34. The second-order valence-electron chi connectivity index (χ2n) is 6.82. The van der Waals surface area contributed by atoms with Gasteiger partial charge in [0, 0.05) is 16.0 Å². The van der Waals surface area contributed by atoms with Crippen molar-refractivity contribution >= 4 is 33.2 Å². The number of benzene rings is 2. The Hall–Kier alpha value is -2.67. The van der Waals surface area contributed by atoms with Gasteiger partial charge in [0.05, 0.1) is 18.3 Å². The first-order valence-electron chi connectivity index (χ1n) is 9.11. The number of hydrogen-bond donors (Lipinski definition) is 1. The predicted molar refractivity (Wildman–Crippen MR) is 117 cm³/mol. The topological polar surface area (TPSA) is 64.3 Å². The number of fused-ring (bicyclic) bond motifs is 1. The largest absolute Gasteiger partial charge is 0.491 e. The molecule has 0 aliphatic rings. The lowest BCUT2D eigenvalue weighted by molar-refractivity contribution is 0.0915. The van der Waals surface area contributed by atoms with Crippen LogP contribution in [-0.4, -0.2) is 27.4 Å². The standard InChI is InChI=1S/C22H19ClN2O3S/c1-14-2-4-15(5-3-14)19-12-29-21-20(19)22(27)25(13-24-21)10-17(26)11-28-18-8-6-16(23)7-9-18/h2-9,12-13,17,26H,10-11H2,1H3/t17-/m1/s1. The molecule has 0 aliphatic carbocycles. The Morgan fingerprint density at radius 3 is 2.62 bits per heavy atom. The molecule has 0 saturated carbocycles. The zero-order chi connectivity index (χ0) is 20.4. The van der Waals surface area contributed by atoms with E-state index in [1.54, 1.807) is 24.3 Å². The highest BCUT2D eigenvalue weighted by Crippen LogP contribution is 2.30. The molecule has 7 heteroatoms. The summed E-state index contributed by atoms with van der Waals surface area (Å²) in [5.74, 6) is 0.605. The lowest BCUT2D eigenvalue weighted by Gasteiger charge is -2.14. The Bertz CT molecular complexity index is 1180. The molecule has 0 saturated heterocycles. The van der Waals surface area contributed by atoms with Crippen molar-refractivity contribution in [1.29, 1.82) is 0 Å². The molecule has 29 heavy (non-hydrogen) atoms. The SMILES string of the molecule is Cc1ccc(-c2csc3ncn(C[C@@H](O)COc4ccc(Cl)cc4)c(=O)c23)cc1. The van der Waals surface area contributed by atoms with Crippen molar-refractivity contribution in [2.75, 3.05) is 6.61 Å². The molecular formula is C22H19ClN2O3S. The molecule has 0 aliphatic heterocycles. The van der Waals surface area contributed by atoms with Crippen LogP contribution in [0.25, 0.3) is 21.3 Å². The zero-order valence-corrected chi connectivity index (χ0v) is 17.3. The molecule has 0 radical (unpaired) electrons. The van der Waals surface area contributed by atoms with Gasteiger partial charge in [0.1, 0.15) is 23.3 Å². The smallest absolute Gasteiger partial charge is 0.262 e. The molecule has 1 atom stereocenters. The molecule has 0 fully saturated rings. The van der Waals surface area contributed by atoms with Crippen LogP contribution in [0.5, 0.6) is 5.75 Å². The summed E-state index contributed by atoms with van der Waals surface area (Å²) in [7, 11) is 0. The highest BCUT2D eigenvalue weighted by Gasteiger charge is 2.15. The molecule has 0 amide bonds. The third-order valence-electron chi connectivity index (χ3n) is 4.59. The number of aryl methyl sites for hydroxylation is 1. The van der Waals surface area contributed by atoms with E-state index >= 15 is 0 Å². The van der Waals surface area contributed by atoms with Crippen molar-refractivity contribution in [3.8, 4) is 16.9 Å². The van der Waals surface area contributed by atoms with Gasteiger partial charge in [-0.05, 0) is 36.8 Å². The van der Waals surface area contributed by atoms with E-state index in [0.29, 0.717) is 21.0 Å². The Morgan fingerprint density at radius 1 is 1.17 bits per heavy atom. The van der Waals surface area contributed by atoms with E-state index in [-0.39, 0.29) is 18.7 Å². The summed E-state index contributed by atoms with van der Waals surface area (Å²) in [4.78, 5) is 18.2. The summed E-state index contributed by atoms with van der Waals surface area (Å²) < 4.78 is 7.00. The van der Waals surface area contributed by atoms with Crippen molar-refractivity contribution in [3.63, 3.8) is 0 Å². The number of ether oxygens (including phenoxy) is 1. The summed E-state index contributed by atoms with van der Waals surface area (Å²) in [5.41, 5.74) is 2.83. The minimum atomic E-state index is -0.857. The summed E-state index contributed by atoms with van der Waals surface area (Å²) >= 11 is 7.29. The highest BCUT2D eigenvalue weighted by molar-refractivity contribution is 7.17. The molecule has 2 aromatic heterocycles. The molecule has 4 aromatic rings. The van der Waals surface area contributed by atoms with Crippen LogP contribution in [0, 0.1) is 6.92 Å². The fourth-order valence-corrected chi connectivity index (χ4v) is 4.08. The number of hydrogen-bond acceptors (Lipinski definition) is 5. The minimum absolute atomic E-state index is 0.0561. The zero-order valence-electron chi connectivity index (χ0n) is 15.7. The number of rotatable bonds is 6. The van der Waals surface area contributed by atoms with Gasteiger partial charge in [0.25, 0.3) is 5.56 Å². The van der Waals surface area contributed by atoms with E-state index < -0.39 is 6.10 Å². The van der Waals surface area contributed by atoms with Gasteiger partial charge < -0.3 is 9.84 Å². The fourth-order valence-electron chi connectivity index (χ4n) is 3.05. The van der Waals surface area contributed by atoms with Crippen molar-refractivity contribution in [3.05, 3.63) is 81.2 Å². The van der Waals surface area contributed by atoms with E-state index in [4.69, 9.17) is 16.3 Å². The maximum Gasteiger partial charge on any atom is 0.262 e. The average Bonchev–Trinajstić information content (AvgIpc) is 3.15. The molecule has 148 valence electrons. The Kier molecular flexibility index (Phi) is 5.67. The summed E-state index contributed by atoms with van der Waals surface area (Å²) in [6.45, 7) is 2.18. The molecule has 4 rings (SSSR count). The molecule has 5 nitrogen and oxygen atoms in total. The predicted octanol–water partition coefficient (Wildman–Crippen LogP) is 4.53. The lowest BCUT2D eigenvalue weighted by atomic mass is 10.1. The molecule has 1 N–H and O–H groups in total. The summed E-state index contributed by atoms with van der Waals surface area (Å²) in [6.07, 6.45) is 0.620. The highest BCUT2D eigenvalue weighted by atomic mass is 35.5. The lowest BCUT2D eigenvalue weighted by Crippen LogP contribution is -2.30. The number of thiophene rings is 1. The van der Waals surface area contributed by atoms with Crippen LogP contribution in [-0.2, 0) is 6.54 Å². The number of aliphatic hydroxyl groups excluding tert-OH is 1. The molecule has 0 spiro atoms. The molecule has 0 unspecified atom stereocenters. The Morgan fingerprint density at radius 2 is 1.90 bits per heavy atom. The molecule has 2 heterocycles. The van der Waals surface area contributed by atoms with Crippen molar-refractivity contribution < 1.29 is 9.84 Å². The molecule has 0 bridgehead atoms. The van der Waals surface area contributed by atoms with E-state index in [2.05, 4.69) is 4.98 Å². The van der Waals surface area contributed by atoms with Gasteiger partial charge in [-0.2, -0.15) is 0 Å². The first kappa shape index (κ1) is 19.6. The fraction of sp³-hybridized carbons (Fsp3) is 0.182. The number of aliphatic hydroxyl groups is 1. The summed E-state index contributed by atoms with van der Waals surface area (Å²) in [6, 6.07) is 14.9. The van der Waals surface area contributed by atoms with Gasteiger partial charge in [-0.25, -0.2) is 4.98 Å². The van der Waals surface area contributed by atoms with Gasteiger partial charge in [0.15, 0.2) is 0 Å². The Balaban J connectivity index is 1.55. The van der Waals surface area contributed by atoms with E-state index in [1.807, 2.05) is 36.6 Å². The van der Waals surface area contributed by atoms with E-state index in [9.17, 15) is 9.90 Å². The number of aromatic nitrogens is 2. The van der Waals surface area contributed by atoms with Gasteiger partial charge in [-0.15, -0.1) is 11.3 Å². The van der Waals surface area contributed by atoms with Crippen LogP contribution in [0.15, 0.2) is 65.0 Å². The van der Waals surface area contributed by atoms with Gasteiger partial charge in [0.2, 0.25) is 0 Å². The maximum atomic E-state index is 13.1. The van der Waals surface area contributed by atoms with Crippen LogP contribution < -0.4 is 10.3 Å². The van der Waals surface area contributed by atoms with Crippen LogP contribution in [0.4, 0.5) is 0 Å². The number of halogens is 1. The Labute approximate surface area is 176 Å². The van der Waals surface area contributed by atoms with Crippen molar-refractivity contribution in [2.24, 2.45) is 0 Å². The second kappa shape index (κ2) is 8.37. The number of nitrogens with zero attached hydrogens (tertiary/aromatic N) is 2. The first-order chi connectivity index (χ1) is 14.0. The third-order valence-corrected chi connectivity index (χ3v) is 5.73. The quantitative estimate of drug-likeness (QED) is 0.492. The van der Waals surface area contributed by atoms with E-state index in [0.717, 1.165) is 16.7 Å².